The number of aliphatic hydroxyl groups excluding tert-OH is 1. The molecule has 0 spiro atoms. The molecule has 1 aliphatic heterocycles. The minimum Gasteiger partial charge on any atom is -0.392 e. The smallest absolute Gasteiger partial charge is 0.224 e. The van der Waals surface area contributed by atoms with E-state index in [1.807, 2.05) is 60.7 Å². The number of carbonyl (C=O) groups is 2. The molecular formula is C41H49N3O5. The number of nitrogens with zero attached hydrogens (tertiary/aromatic N) is 1. The fourth-order valence-corrected chi connectivity index (χ4v) is 6.29. The number of nitrogens with one attached hydrogen (secondary N) is 2. The van der Waals surface area contributed by atoms with Crippen molar-refractivity contribution < 1.29 is 24.2 Å². The third-order valence-electron chi connectivity index (χ3n) is 8.96. The van der Waals surface area contributed by atoms with Crippen LogP contribution in [0.15, 0.2) is 109 Å². The van der Waals surface area contributed by atoms with Gasteiger partial charge < -0.3 is 25.2 Å². The SMILES string of the molecule is CC(=O)NCCCCCC(=O)Nc1cccc([C@H]2O[C@@H](CN(Cc3ccccc3)Cc3ccccc3)[C@@H](C)[C@@H](c3ccc(CO)cc3)O2)c1. The van der Waals surface area contributed by atoms with Crippen LogP contribution in [-0.4, -0.2) is 41.0 Å². The molecule has 0 unspecified atom stereocenters. The van der Waals surface area contributed by atoms with E-state index in [1.165, 1.54) is 18.1 Å². The van der Waals surface area contributed by atoms with Crippen LogP contribution in [0.1, 0.15) is 79.7 Å². The number of benzene rings is 4. The van der Waals surface area contributed by atoms with E-state index in [9.17, 15) is 14.7 Å². The van der Waals surface area contributed by atoms with Crippen molar-refractivity contribution in [3.05, 3.63) is 137 Å². The van der Waals surface area contributed by atoms with Crippen LogP contribution in [0.5, 0.6) is 0 Å². The van der Waals surface area contributed by atoms with Gasteiger partial charge in [0.25, 0.3) is 0 Å². The number of carbonyl (C=O) groups excluding carboxylic acids is 2. The van der Waals surface area contributed by atoms with Crippen LogP contribution >= 0.6 is 0 Å². The summed E-state index contributed by atoms with van der Waals surface area (Å²) in [6.07, 6.45) is 1.81. The van der Waals surface area contributed by atoms with Gasteiger partial charge in [-0.15, -0.1) is 0 Å². The van der Waals surface area contributed by atoms with E-state index in [1.54, 1.807) is 0 Å². The van der Waals surface area contributed by atoms with E-state index in [0.717, 1.165) is 49.0 Å². The Hall–Kier alpha value is -4.34. The van der Waals surface area contributed by atoms with E-state index < -0.39 is 6.29 Å². The zero-order valence-electron chi connectivity index (χ0n) is 28.6. The molecule has 4 atom stereocenters. The predicted octanol–water partition coefficient (Wildman–Crippen LogP) is 7.31. The topological polar surface area (TPSA) is 100 Å². The van der Waals surface area contributed by atoms with E-state index in [2.05, 4.69) is 71.0 Å². The Morgan fingerprint density at radius 3 is 2.06 bits per heavy atom. The molecule has 5 rings (SSSR count). The van der Waals surface area contributed by atoms with E-state index in [0.29, 0.717) is 25.2 Å². The zero-order valence-corrected chi connectivity index (χ0v) is 28.6. The highest BCUT2D eigenvalue weighted by Gasteiger charge is 2.39. The zero-order chi connectivity index (χ0) is 34.4. The van der Waals surface area contributed by atoms with Crippen LogP contribution in [0, 0.1) is 5.92 Å². The Morgan fingerprint density at radius 1 is 0.755 bits per heavy atom. The fraction of sp³-hybridized carbons (Fsp3) is 0.366. The molecule has 1 aliphatic rings. The van der Waals surface area contributed by atoms with Crippen molar-refractivity contribution in [2.45, 2.75) is 77.7 Å². The summed E-state index contributed by atoms with van der Waals surface area (Å²) in [6, 6.07) is 36.7. The molecule has 49 heavy (non-hydrogen) atoms. The number of hydrogen-bond donors (Lipinski definition) is 3. The molecule has 1 saturated heterocycles. The molecule has 2 amide bonds. The first-order chi connectivity index (χ1) is 23.9. The maximum atomic E-state index is 12.8. The van der Waals surface area contributed by atoms with Gasteiger partial charge in [0.1, 0.15) is 0 Å². The Kier molecular flexibility index (Phi) is 13.5. The summed E-state index contributed by atoms with van der Waals surface area (Å²) < 4.78 is 13.5. The van der Waals surface area contributed by atoms with Crippen LogP contribution in [0.3, 0.4) is 0 Å². The lowest BCUT2D eigenvalue weighted by Gasteiger charge is -2.43. The summed E-state index contributed by atoms with van der Waals surface area (Å²) in [5, 5.41) is 15.5. The van der Waals surface area contributed by atoms with Gasteiger partial charge in [-0.05, 0) is 47.2 Å². The highest BCUT2D eigenvalue weighted by atomic mass is 16.7. The van der Waals surface area contributed by atoms with Crippen molar-refractivity contribution >= 4 is 17.5 Å². The monoisotopic (exact) mass is 663 g/mol. The van der Waals surface area contributed by atoms with E-state index in [4.69, 9.17) is 9.47 Å². The Labute approximate surface area is 290 Å². The van der Waals surface area contributed by atoms with Gasteiger partial charge in [-0.25, -0.2) is 0 Å². The van der Waals surface area contributed by atoms with Crippen molar-refractivity contribution in [2.24, 2.45) is 5.92 Å². The number of unbranched alkanes of at least 4 members (excludes halogenated alkanes) is 2. The number of ether oxygens (including phenoxy) is 2. The molecule has 0 bridgehead atoms. The minimum atomic E-state index is -0.648. The fourth-order valence-electron chi connectivity index (χ4n) is 6.29. The lowest BCUT2D eigenvalue weighted by Crippen LogP contribution is -2.44. The van der Waals surface area contributed by atoms with Gasteiger partial charge >= 0.3 is 0 Å². The molecule has 0 aliphatic carbocycles. The first-order valence-corrected chi connectivity index (χ1v) is 17.3. The molecule has 0 saturated carbocycles. The number of amides is 2. The van der Waals surface area contributed by atoms with Gasteiger partial charge in [-0.2, -0.15) is 0 Å². The molecule has 3 N–H and O–H groups in total. The average molecular weight is 664 g/mol. The summed E-state index contributed by atoms with van der Waals surface area (Å²) in [5.41, 5.74) is 5.89. The normalized spacial score (nSPS) is 19.0. The van der Waals surface area contributed by atoms with Crippen molar-refractivity contribution in [3.8, 4) is 0 Å². The highest BCUT2D eigenvalue weighted by molar-refractivity contribution is 5.90. The minimum absolute atomic E-state index is 0.0146. The second-order valence-corrected chi connectivity index (χ2v) is 12.9. The maximum Gasteiger partial charge on any atom is 0.224 e. The number of rotatable bonds is 16. The van der Waals surface area contributed by atoms with Crippen LogP contribution in [0.25, 0.3) is 0 Å². The Morgan fingerprint density at radius 2 is 1.43 bits per heavy atom. The summed E-state index contributed by atoms with van der Waals surface area (Å²) in [6.45, 7) is 6.54. The van der Waals surface area contributed by atoms with Gasteiger partial charge in [-0.3, -0.25) is 14.5 Å². The number of anilines is 1. The summed E-state index contributed by atoms with van der Waals surface area (Å²) >= 11 is 0. The van der Waals surface area contributed by atoms with Crippen LogP contribution < -0.4 is 10.6 Å². The molecule has 258 valence electrons. The van der Waals surface area contributed by atoms with Crippen LogP contribution in [-0.2, 0) is 38.8 Å². The maximum absolute atomic E-state index is 12.8. The largest absolute Gasteiger partial charge is 0.392 e. The van der Waals surface area contributed by atoms with Crippen LogP contribution in [0.2, 0.25) is 0 Å². The van der Waals surface area contributed by atoms with Gasteiger partial charge in [-0.1, -0.05) is 110 Å². The van der Waals surface area contributed by atoms with Crippen molar-refractivity contribution in [1.29, 1.82) is 0 Å². The summed E-state index contributed by atoms with van der Waals surface area (Å²) in [7, 11) is 0. The molecular weight excluding hydrogens is 614 g/mol. The third-order valence-corrected chi connectivity index (χ3v) is 8.96. The summed E-state index contributed by atoms with van der Waals surface area (Å²) in [5.74, 6) is -0.0567. The van der Waals surface area contributed by atoms with E-state index >= 15 is 0 Å². The first-order valence-electron chi connectivity index (χ1n) is 17.3. The Bertz CT molecular complexity index is 1560. The molecule has 4 aromatic carbocycles. The van der Waals surface area contributed by atoms with Crippen molar-refractivity contribution in [2.75, 3.05) is 18.4 Å². The number of aliphatic hydroxyl groups is 1. The third kappa shape index (κ3) is 11.1. The molecule has 4 aromatic rings. The second kappa shape index (κ2) is 18.4. The number of hydrogen-bond acceptors (Lipinski definition) is 6. The molecule has 0 radical (unpaired) electrons. The highest BCUT2D eigenvalue weighted by Crippen LogP contribution is 2.42. The molecule has 0 aromatic heterocycles. The molecule has 1 fully saturated rings. The second-order valence-electron chi connectivity index (χ2n) is 12.9. The quantitative estimate of drug-likeness (QED) is 0.109. The molecule has 1 heterocycles. The summed E-state index contributed by atoms with van der Waals surface area (Å²) in [4.78, 5) is 26.3. The van der Waals surface area contributed by atoms with Gasteiger partial charge in [0.15, 0.2) is 6.29 Å². The molecule has 8 nitrogen and oxygen atoms in total. The lowest BCUT2D eigenvalue weighted by molar-refractivity contribution is -0.276. The standard InChI is InChI=1S/C41H49N3O5/c1-30-38(28-44(26-32-13-6-3-7-14-32)27-33-15-8-4-9-16-33)48-41(49-40(30)35-22-20-34(29-45)21-23-35)36-17-12-18-37(25-36)43-39(47)19-10-5-11-24-42-31(2)46/h3-4,6-9,12-18,20-23,25,30,38,40-41,45H,5,10-11,19,24,26-29H2,1-2H3,(H,42,46)(H,43,47)/t30-,38+,40+,41+/m1/s1. The predicted molar refractivity (Wildman–Crippen MR) is 192 cm³/mol. The van der Waals surface area contributed by atoms with Crippen LogP contribution in [0.4, 0.5) is 5.69 Å². The Balaban J connectivity index is 1.33. The first kappa shape index (κ1) is 36.0. The molecule has 8 heteroatoms. The van der Waals surface area contributed by atoms with Gasteiger partial charge in [0, 0.05) is 56.7 Å². The van der Waals surface area contributed by atoms with Gasteiger partial charge in [0.05, 0.1) is 18.8 Å². The van der Waals surface area contributed by atoms with E-state index in [-0.39, 0.29) is 36.5 Å². The van der Waals surface area contributed by atoms with Crippen molar-refractivity contribution in [1.82, 2.24) is 10.2 Å². The van der Waals surface area contributed by atoms with Crippen molar-refractivity contribution in [3.63, 3.8) is 0 Å². The van der Waals surface area contributed by atoms with Gasteiger partial charge in [0.2, 0.25) is 11.8 Å². The average Bonchev–Trinajstić information content (AvgIpc) is 3.11. The lowest BCUT2D eigenvalue weighted by atomic mass is 9.89.